The molecule has 0 bridgehead atoms. The highest BCUT2D eigenvalue weighted by atomic mass is 19.1. The number of halogens is 1. The first kappa shape index (κ1) is 20.4. The molecule has 0 spiro atoms. The second-order valence-electron chi connectivity index (χ2n) is 5.77. The van der Waals surface area contributed by atoms with E-state index in [1.807, 2.05) is 0 Å². The van der Waals surface area contributed by atoms with E-state index in [0.29, 0.717) is 5.75 Å². The molecule has 0 aliphatic heterocycles. The molecule has 0 heterocycles. The van der Waals surface area contributed by atoms with Crippen molar-refractivity contribution in [3.8, 4) is 11.5 Å². The maximum atomic E-state index is 13.6. The van der Waals surface area contributed by atoms with Crippen LogP contribution >= 0.6 is 0 Å². The van der Waals surface area contributed by atoms with Gasteiger partial charge in [0.2, 0.25) is 5.67 Å². The zero-order valence-corrected chi connectivity index (χ0v) is 14.9. The average Bonchev–Trinajstić information content (AvgIpc) is 2.56. The number of alkyl halides is 1. The highest BCUT2D eigenvalue weighted by Crippen LogP contribution is 2.23. The molecule has 0 amide bonds. The first-order valence-corrected chi connectivity index (χ1v) is 8.07. The molecule has 0 aromatic heterocycles. The van der Waals surface area contributed by atoms with Crippen LogP contribution in [-0.2, 0) is 4.79 Å². The Morgan fingerprint density at radius 3 is 2.00 bits per heavy atom. The van der Waals surface area contributed by atoms with Crippen molar-refractivity contribution in [3.05, 3.63) is 60.2 Å². The second-order valence-corrected chi connectivity index (χ2v) is 5.77. The quantitative estimate of drug-likeness (QED) is 0.579. The molecule has 4 nitrogen and oxygen atoms in total. The molecule has 2 aromatic carbocycles. The molecule has 134 valence electrons. The molecule has 0 unspecified atom stereocenters. The number of esters is 2. The summed E-state index contributed by atoms with van der Waals surface area (Å²) in [5.41, 5.74) is -2.11. The van der Waals surface area contributed by atoms with Crippen LogP contribution in [0.2, 0.25) is 0 Å². The summed E-state index contributed by atoms with van der Waals surface area (Å²) in [4.78, 5) is 23.8. The van der Waals surface area contributed by atoms with E-state index in [1.165, 1.54) is 18.6 Å². The van der Waals surface area contributed by atoms with Crippen molar-refractivity contribution in [1.29, 1.82) is 0 Å². The number of carbonyl (C=O) groups excluding carboxylic acids is 2. The summed E-state index contributed by atoms with van der Waals surface area (Å²) in [7, 11) is 0. The summed E-state index contributed by atoms with van der Waals surface area (Å²) in [6, 6.07) is 14.5. The third-order valence-corrected chi connectivity index (χ3v) is 2.75. The first-order chi connectivity index (χ1) is 11.8. The van der Waals surface area contributed by atoms with Gasteiger partial charge < -0.3 is 9.47 Å². The molecule has 0 aliphatic rings. The van der Waals surface area contributed by atoms with Crippen LogP contribution < -0.4 is 9.47 Å². The van der Waals surface area contributed by atoms with Crippen LogP contribution in [0, 0.1) is 0 Å². The standard InChI is InChI=1S/C17H15FO4.C3H8/c1-17(2,18)16(20)22-14-11-7-6-10-13(14)15(19)21-12-8-4-3-5-9-12;1-3-2/h3-11H,1-2H3;3H2,1-2H3. The Morgan fingerprint density at radius 1 is 0.920 bits per heavy atom. The molecule has 0 radical (unpaired) electrons. The predicted molar refractivity (Wildman–Crippen MR) is 94.6 cm³/mol. The summed E-state index contributed by atoms with van der Waals surface area (Å²) in [5.74, 6) is -1.45. The van der Waals surface area contributed by atoms with E-state index >= 15 is 0 Å². The zero-order chi connectivity index (χ0) is 18.9. The molecular weight excluding hydrogens is 323 g/mol. The molecule has 0 N–H and O–H groups in total. The topological polar surface area (TPSA) is 52.6 Å². The molecule has 25 heavy (non-hydrogen) atoms. The van der Waals surface area contributed by atoms with E-state index < -0.39 is 17.6 Å². The number of ether oxygens (including phenoxy) is 2. The van der Waals surface area contributed by atoms with Gasteiger partial charge >= 0.3 is 11.9 Å². The minimum Gasteiger partial charge on any atom is -0.423 e. The molecule has 0 fully saturated rings. The highest BCUT2D eigenvalue weighted by molar-refractivity contribution is 5.95. The van der Waals surface area contributed by atoms with Gasteiger partial charge in [0.15, 0.2) is 0 Å². The average molecular weight is 346 g/mol. The van der Waals surface area contributed by atoms with Gasteiger partial charge in [0.1, 0.15) is 17.1 Å². The number of carbonyl (C=O) groups is 2. The van der Waals surface area contributed by atoms with Gasteiger partial charge in [-0.05, 0) is 38.1 Å². The fourth-order valence-electron chi connectivity index (χ4n) is 1.60. The van der Waals surface area contributed by atoms with Crippen molar-refractivity contribution >= 4 is 11.9 Å². The predicted octanol–water partition coefficient (Wildman–Crippen LogP) is 4.98. The van der Waals surface area contributed by atoms with E-state index in [9.17, 15) is 14.0 Å². The summed E-state index contributed by atoms with van der Waals surface area (Å²) in [6.07, 6.45) is 1.25. The fourth-order valence-corrected chi connectivity index (χ4v) is 1.60. The Labute approximate surface area is 147 Å². The third kappa shape index (κ3) is 6.75. The monoisotopic (exact) mass is 346 g/mol. The lowest BCUT2D eigenvalue weighted by Crippen LogP contribution is -2.31. The SMILES string of the molecule is CC(C)(F)C(=O)Oc1ccccc1C(=O)Oc1ccccc1.CCC. The first-order valence-electron chi connectivity index (χ1n) is 8.07. The highest BCUT2D eigenvalue weighted by Gasteiger charge is 2.30. The number of benzene rings is 2. The molecule has 5 heteroatoms. The molecule has 0 saturated carbocycles. The summed E-state index contributed by atoms with van der Waals surface area (Å²) in [6.45, 7) is 6.42. The van der Waals surface area contributed by atoms with Crippen molar-refractivity contribution in [2.45, 2.75) is 39.8 Å². The largest absolute Gasteiger partial charge is 0.423 e. The van der Waals surface area contributed by atoms with Crippen LogP contribution in [0.25, 0.3) is 0 Å². The van der Waals surface area contributed by atoms with Gasteiger partial charge in [-0.15, -0.1) is 0 Å². The minimum absolute atomic E-state index is 0.0424. The van der Waals surface area contributed by atoms with Crippen molar-refractivity contribution in [2.75, 3.05) is 0 Å². The lowest BCUT2D eigenvalue weighted by molar-refractivity contribution is -0.145. The summed E-state index contributed by atoms with van der Waals surface area (Å²) < 4.78 is 23.7. The zero-order valence-electron chi connectivity index (χ0n) is 14.9. The van der Waals surface area contributed by atoms with Crippen LogP contribution in [-0.4, -0.2) is 17.6 Å². The normalized spacial score (nSPS) is 10.3. The number of hydrogen-bond acceptors (Lipinski definition) is 4. The van der Waals surface area contributed by atoms with Gasteiger partial charge in [0.25, 0.3) is 0 Å². The maximum absolute atomic E-state index is 13.6. The Balaban J connectivity index is 0.000000970. The Bertz CT molecular complexity index is 690. The fraction of sp³-hybridized carbons (Fsp3) is 0.300. The van der Waals surface area contributed by atoms with Gasteiger partial charge in [0, 0.05) is 0 Å². The van der Waals surface area contributed by atoms with Crippen molar-refractivity contribution in [1.82, 2.24) is 0 Å². The summed E-state index contributed by atoms with van der Waals surface area (Å²) >= 11 is 0. The van der Waals surface area contributed by atoms with Crippen molar-refractivity contribution < 1.29 is 23.5 Å². The lowest BCUT2D eigenvalue weighted by atomic mass is 10.1. The van der Waals surface area contributed by atoms with E-state index in [4.69, 9.17) is 9.47 Å². The van der Waals surface area contributed by atoms with E-state index in [2.05, 4.69) is 13.8 Å². The van der Waals surface area contributed by atoms with Crippen LogP contribution in [0.1, 0.15) is 44.5 Å². The van der Waals surface area contributed by atoms with Gasteiger partial charge in [-0.1, -0.05) is 50.6 Å². The van der Waals surface area contributed by atoms with E-state index in [0.717, 1.165) is 13.8 Å². The van der Waals surface area contributed by atoms with Crippen LogP contribution in [0.5, 0.6) is 11.5 Å². The van der Waals surface area contributed by atoms with Crippen LogP contribution in [0.3, 0.4) is 0 Å². The Kier molecular flexibility index (Phi) is 7.79. The molecule has 2 rings (SSSR count). The van der Waals surface area contributed by atoms with E-state index in [-0.39, 0.29) is 11.3 Å². The van der Waals surface area contributed by atoms with Crippen LogP contribution in [0.4, 0.5) is 4.39 Å². The number of para-hydroxylation sites is 2. The molecule has 0 aliphatic carbocycles. The number of rotatable bonds is 4. The molecule has 0 saturated heterocycles. The molecule has 0 atom stereocenters. The smallest absolute Gasteiger partial charge is 0.348 e. The van der Waals surface area contributed by atoms with Gasteiger partial charge in [-0.25, -0.2) is 14.0 Å². The third-order valence-electron chi connectivity index (χ3n) is 2.75. The van der Waals surface area contributed by atoms with Gasteiger partial charge in [0.05, 0.1) is 0 Å². The number of hydrogen-bond donors (Lipinski definition) is 0. The maximum Gasteiger partial charge on any atom is 0.348 e. The van der Waals surface area contributed by atoms with Crippen molar-refractivity contribution in [2.24, 2.45) is 0 Å². The van der Waals surface area contributed by atoms with E-state index in [1.54, 1.807) is 42.5 Å². The minimum atomic E-state index is -2.16. The molecule has 2 aromatic rings. The second kappa shape index (κ2) is 9.57. The summed E-state index contributed by atoms with van der Waals surface area (Å²) in [5, 5.41) is 0. The Hall–Kier alpha value is -2.69. The molecular formula is C20H23FO4. The Morgan fingerprint density at radius 2 is 1.44 bits per heavy atom. The van der Waals surface area contributed by atoms with Crippen molar-refractivity contribution in [3.63, 3.8) is 0 Å². The van der Waals surface area contributed by atoms with Crippen LogP contribution in [0.15, 0.2) is 54.6 Å². The van der Waals surface area contributed by atoms with Gasteiger partial charge in [-0.3, -0.25) is 0 Å². The van der Waals surface area contributed by atoms with Gasteiger partial charge in [-0.2, -0.15) is 0 Å². The lowest BCUT2D eigenvalue weighted by Gasteiger charge is -2.14.